The number of piperazine rings is 1. The molecule has 2 heterocycles. The van der Waals surface area contributed by atoms with Gasteiger partial charge >= 0.3 is 6.09 Å². The highest BCUT2D eigenvalue weighted by Gasteiger charge is 2.39. The Morgan fingerprint density at radius 1 is 1.07 bits per heavy atom. The molecule has 2 aromatic carbocycles. The van der Waals surface area contributed by atoms with Gasteiger partial charge in [0.15, 0.2) is 0 Å². The summed E-state index contributed by atoms with van der Waals surface area (Å²) < 4.78 is 21.0. The average Bonchev–Trinajstić information content (AvgIpc) is 2.90. The third-order valence-corrected chi connectivity index (χ3v) is 9.05. The minimum Gasteiger partial charge on any atom is -0.444 e. The van der Waals surface area contributed by atoms with Gasteiger partial charge < -0.3 is 24.5 Å². The summed E-state index contributed by atoms with van der Waals surface area (Å²) in [5.74, 6) is -0.303. The van der Waals surface area contributed by atoms with Crippen LogP contribution in [0.5, 0.6) is 0 Å². The number of halogens is 3. The van der Waals surface area contributed by atoms with Crippen molar-refractivity contribution in [1.82, 2.24) is 19.6 Å². The predicted octanol–water partition coefficient (Wildman–Crippen LogP) is 5.58. The first-order chi connectivity index (χ1) is 20.3. The molecule has 0 saturated carbocycles. The normalized spacial score (nSPS) is 19.2. The molecule has 2 aromatic rings. The Morgan fingerprint density at radius 3 is 2.33 bits per heavy atom. The molecule has 4 rings (SSSR count). The van der Waals surface area contributed by atoms with Crippen LogP contribution in [-0.4, -0.2) is 114 Å². The van der Waals surface area contributed by atoms with Crippen molar-refractivity contribution in [3.63, 3.8) is 0 Å². The quantitative estimate of drug-likeness (QED) is 0.345. The lowest BCUT2D eigenvalue weighted by Crippen LogP contribution is -2.67. The number of hydrogen-bond acceptors (Lipinski definition) is 6. The van der Waals surface area contributed by atoms with E-state index in [-0.39, 0.29) is 36.4 Å². The molecule has 0 bridgehead atoms. The second kappa shape index (κ2) is 14.8. The molecule has 2 amide bonds. The minimum atomic E-state index is -0.543. The van der Waals surface area contributed by atoms with E-state index in [1.807, 2.05) is 58.2 Å². The van der Waals surface area contributed by atoms with Crippen LogP contribution in [-0.2, 0) is 4.74 Å². The van der Waals surface area contributed by atoms with Crippen molar-refractivity contribution in [1.29, 1.82) is 0 Å². The first-order valence-electron chi connectivity index (χ1n) is 14.9. The van der Waals surface area contributed by atoms with E-state index < -0.39 is 5.60 Å². The number of likely N-dealkylation sites (tertiary alicyclic amines) is 1. The van der Waals surface area contributed by atoms with Crippen molar-refractivity contribution >= 4 is 43.9 Å². The standard InChI is InChI=1S/C32H43Br2FN4O4/c1-32(2,3)43-31(42)38-12-13-39(28(21-38)10-14-40)29-19-37(20-29)11-9-23(22-5-7-27(35)8-6-22)18-36(4)30(41)24-15-25(33)17-26(34)16-24/h5-8,15-17,23,28-29,40H,9-14,18-21H2,1-4H3. The topological polar surface area (TPSA) is 76.6 Å². The van der Waals surface area contributed by atoms with Crippen LogP contribution in [0, 0.1) is 5.82 Å². The van der Waals surface area contributed by atoms with Gasteiger partial charge in [-0.1, -0.05) is 44.0 Å². The van der Waals surface area contributed by atoms with E-state index in [1.54, 1.807) is 9.80 Å². The van der Waals surface area contributed by atoms with E-state index in [0.717, 1.165) is 47.1 Å². The van der Waals surface area contributed by atoms with Gasteiger partial charge in [0.05, 0.1) is 0 Å². The van der Waals surface area contributed by atoms with E-state index >= 15 is 0 Å². The molecule has 1 N–H and O–H groups in total. The van der Waals surface area contributed by atoms with E-state index in [2.05, 4.69) is 41.7 Å². The van der Waals surface area contributed by atoms with Gasteiger partial charge in [-0.3, -0.25) is 9.69 Å². The smallest absolute Gasteiger partial charge is 0.410 e. The summed E-state index contributed by atoms with van der Waals surface area (Å²) in [6.45, 7) is 10.8. The first-order valence-corrected chi connectivity index (χ1v) is 16.5. The number of benzene rings is 2. The van der Waals surface area contributed by atoms with Crippen molar-refractivity contribution in [3.05, 3.63) is 68.4 Å². The number of aliphatic hydroxyl groups excluding tert-OH is 1. The van der Waals surface area contributed by atoms with Gasteiger partial charge in [0.2, 0.25) is 0 Å². The number of carbonyl (C=O) groups excluding carboxylic acids is 2. The van der Waals surface area contributed by atoms with Crippen molar-refractivity contribution < 1.29 is 23.8 Å². The fraction of sp³-hybridized carbons (Fsp3) is 0.562. The maximum atomic E-state index is 13.7. The Labute approximate surface area is 271 Å². The van der Waals surface area contributed by atoms with Gasteiger partial charge in [-0.2, -0.15) is 0 Å². The van der Waals surface area contributed by atoms with E-state index in [9.17, 15) is 19.1 Å². The van der Waals surface area contributed by atoms with Crippen molar-refractivity contribution in [2.24, 2.45) is 0 Å². The van der Waals surface area contributed by atoms with Crippen LogP contribution < -0.4 is 0 Å². The summed E-state index contributed by atoms with van der Waals surface area (Å²) in [5, 5.41) is 9.73. The number of rotatable bonds is 10. The maximum Gasteiger partial charge on any atom is 0.410 e. The number of likely N-dealkylation sites (N-methyl/N-ethyl adjacent to an activating group) is 1. The van der Waals surface area contributed by atoms with Gasteiger partial charge in [-0.15, -0.1) is 0 Å². The lowest BCUT2D eigenvalue weighted by atomic mass is 9.93. The van der Waals surface area contributed by atoms with E-state index in [0.29, 0.717) is 37.7 Å². The molecule has 2 saturated heterocycles. The highest BCUT2D eigenvalue weighted by Crippen LogP contribution is 2.28. The van der Waals surface area contributed by atoms with Crippen LogP contribution in [0.15, 0.2) is 51.4 Å². The Bertz CT molecular complexity index is 1230. The molecular weight excluding hydrogens is 683 g/mol. The summed E-state index contributed by atoms with van der Waals surface area (Å²) in [6.07, 6.45) is 1.13. The summed E-state index contributed by atoms with van der Waals surface area (Å²) in [6, 6.07) is 12.6. The molecule has 2 aliphatic rings. The number of ether oxygens (including phenoxy) is 1. The number of aliphatic hydroxyl groups is 1. The second-order valence-electron chi connectivity index (χ2n) is 12.6. The van der Waals surface area contributed by atoms with Crippen molar-refractivity contribution in [2.75, 3.05) is 59.5 Å². The first kappa shape index (κ1) is 33.8. The molecule has 0 spiro atoms. The van der Waals surface area contributed by atoms with Gasteiger partial charge in [0.1, 0.15) is 11.4 Å². The zero-order valence-corrected chi connectivity index (χ0v) is 28.6. The van der Waals surface area contributed by atoms with Crippen LogP contribution in [0.4, 0.5) is 9.18 Å². The summed E-state index contributed by atoms with van der Waals surface area (Å²) in [4.78, 5) is 34.3. The zero-order valence-electron chi connectivity index (χ0n) is 25.4. The Balaban J connectivity index is 1.34. The number of nitrogens with zero attached hydrogens (tertiary/aromatic N) is 4. The molecular formula is C32H43Br2FN4O4. The third-order valence-electron chi connectivity index (χ3n) is 8.13. The molecule has 2 unspecified atom stereocenters. The maximum absolute atomic E-state index is 13.7. The molecule has 2 atom stereocenters. The molecule has 0 aromatic heterocycles. The van der Waals surface area contributed by atoms with Gasteiger partial charge in [-0.25, -0.2) is 9.18 Å². The monoisotopic (exact) mass is 724 g/mol. The predicted molar refractivity (Wildman–Crippen MR) is 173 cm³/mol. The summed E-state index contributed by atoms with van der Waals surface area (Å²) in [5.41, 5.74) is 1.06. The Kier molecular flexibility index (Phi) is 11.7. The van der Waals surface area contributed by atoms with Crippen molar-refractivity contribution in [3.8, 4) is 0 Å². The van der Waals surface area contributed by atoms with Gasteiger partial charge in [0.25, 0.3) is 5.91 Å². The molecule has 0 radical (unpaired) electrons. The fourth-order valence-electron chi connectivity index (χ4n) is 5.93. The molecule has 2 fully saturated rings. The summed E-state index contributed by atoms with van der Waals surface area (Å²) in [7, 11) is 1.81. The van der Waals surface area contributed by atoms with E-state index in [1.165, 1.54) is 12.1 Å². The largest absolute Gasteiger partial charge is 0.444 e. The minimum absolute atomic E-state index is 0.0451. The van der Waals surface area contributed by atoms with E-state index in [4.69, 9.17) is 4.74 Å². The highest BCUT2D eigenvalue weighted by molar-refractivity contribution is 9.11. The number of carbonyl (C=O) groups is 2. The molecule has 43 heavy (non-hydrogen) atoms. The van der Waals surface area contributed by atoms with Crippen LogP contribution >= 0.6 is 31.9 Å². The lowest BCUT2D eigenvalue weighted by Gasteiger charge is -2.52. The van der Waals surface area contributed by atoms with Crippen LogP contribution in [0.3, 0.4) is 0 Å². The molecule has 8 nitrogen and oxygen atoms in total. The molecule has 236 valence electrons. The Morgan fingerprint density at radius 2 is 1.72 bits per heavy atom. The van der Waals surface area contributed by atoms with Crippen LogP contribution in [0.25, 0.3) is 0 Å². The van der Waals surface area contributed by atoms with Crippen LogP contribution in [0.2, 0.25) is 0 Å². The second-order valence-corrected chi connectivity index (χ2v) is 14.5. The summed E-state index contributed by atoms with van der Waals surface area (Å²) >= 11 is 6.93. The SMILES string of the molecule is CN(CC(CCN1CC(N2CCN(C(=O)OC(C)(C)C)CC2CCO)C1)c1ccc(F)cc1)C(=O)c1cc(Br)cc(Br)c1. The molecule has 2 aliphatic heterocycles. The number of hydrogen-bond donors (Lipinski definition) is 1. The third kappa shape index (κ3) is 9.47. The van der Waals surface area contributed by atoms with Crippen LogP contribution in [0.1, 0.15) is 55.5 Å². The van der Waals surface area contributed by atoms with Crippen molar-refractivity contribution in [2.45, 2.75) is 57.2 Å². The lowest BCUT2D eigenvalue weighted by molar-refractivity contribution is -0.0428. The average molecular weight is 727 g/mol. The van der Waals surface area contributed by atoms with Gasteiger partial charge in [0, 0.05) is 85.4 Å². The Hall–Kier alpha value is -2.05. The fourth-order valence-corrected chi connectivity index (χ4v) is 7.23. The highest BCUT2D eigenvalue weighted by atomic mass is 79.9. The molecule has 0 aliphatic carbocycles. The number of amides is 2. The van der Waals surface area contributed by atoms with Gasteiger partial charge in [-0.05, 0) is 76.1 Å². The molecule has 11 heteroatoms. The zero-order chi connectivity index (χ0) is 31.3.